The number of carboxylic acids is 1. The Morgan fingerprint density at radius 2 is 2.05 bits per heavy atom. The molecule has 0 bridgehead atoms. The number of aliphatic hydroxyl groups excluding tert-OH is 1. The van der Waals surface area contributed by atoms with Crippen LogP contribution >= 0.6 is 0 Å². The fourth-order valence-corrected chi connectivity index (χ4v) is 4.47. The molecule has 7 nitrogen and oxygen atoms in total. The highest BCUT2D eigenvalue weighted by molar-refractivity contribution is 7.86. The molecule has 1 fully saturated rings. The van der Waals surface area contributed by atoms with Gasteiger partial charge < -0.3 is 10.2 Å². The van der Waals surface area contributed by atoms with Gasteiger partial charge in [-0.3, -0.25) is 4.79 Å². The standard InChI is InChI=1S/C12H24N2O5S/c1-10(2)13(8-5-9-15)20(18,19)14-7-4-3-6-11(14)12(16)17/h10-11,15H,3-9H2,1-2H3,(H,16,17). The minimum Gasteiger partial charge on any atom is -0.480 e. The Balaban J connectivity index is 3.00. The van der Waals surface area contributed by atoms with E-state index >= 15 is 0 Å². The molecule has 0 saturated carbocycles. The van der Waals surface area contributed by atoms with Gasteiger partial charge in [0.2, 0.25) is 0 Å². The first-order chi connectivity index (χ1) is 9.32. The Hall–Kier alpha value is -0.700. The Morgan fingerprint density at radius 3 is 2.55 bits per heavy atom. The zero-order valence-electron chi connectivity index (χ0n) is 12.0. The van der Waals surface area contributed by atoms with Gasteiger partial charge in [0.15, 0.2) is 0 Å². The number of hydrogen-bond donors (Lipinski definition) is 2. The number of piperidine rings is 1. The molecule has 20 heavy (non-hydrogen) atoms. The van der Waals surface area contributed by atoms with E-state index in [4.69, 9.17) is 5.11 Å². The lowest BCUT2D eigenvalue weighted by atomic mass is 10.1. The highest BCUT2D eigenvalue weighted by Crippen LogP contribution is 2.24. The van der Waals surface area contributed by atoms with Crippen LogP contribution in [-0.4, -0.2) is 65.0 Å². The van der Waals surface area contributed by atoms with E-state index < -0.39 is 22.2 Å². The SMILES string of the molecule is CC(C)N(CCCO)S(=O)(=O)N1CCCCC1C(=O)O. The number of aliphatic hydroxyl groups is 1. The van der Waals surface area contributed by atoms with Gasteiger partial charge in [-0.05, 0) is 39.5 Å². The molecule has 1 atom stereocenters. The van der Waals surface area contributed by atoms with E-state index in [-0.39, 0.29) is 25.7 Å². The Kier molecular flexibility index (Phi) is 6.38. The average Bonchev–Trinajstić information content (AvgIpc) is 2.38. The van der Waals surface area contributed by atoms with Gasteiger partial charge in [0.05, 0.1) is 0 Å². The van der Waals surface area contributed by atoms with Crippen LogP contribution < -0.4 is 0 Å². The second kappa shape index (κ2) is 7.35. The smallest absolute Gasteiger partial charge is 0.322 e. The molecule has 0 aromatic rings. The quantitative estimate of drug-likeness (QED) is 0.703. The number of hydrogen-bond acceptors (Lipinski definition) is 4. The number of rotatable bonds is 7. The van der Waals surface area contributed by atoms with Gasteiger partial charge in [-0.15, -0.1) is 0 Å². The van der Waals surface area contributed by atoms with Gasteiger partial charge in [-0.25, -0.2) is 0 Å². The lowest BCUT2D eigenvalue weighted by Crippen LogP contribution is -2.55. The maximum absolute atomic E-state index is 12.7. The molecule has 1 aliphatic rings. The summed E-state index contributed by atoms with van der Waals surface area (Å²) in [6.45, 7) is 3.82. The monoisotopic (exact) mass is 308 g/mol. The summed E-state index contributed by atoms with van der Waals surface area (Å²) >= 11 is 0. The van der Waals surface area contributed by atoms with Crippen molar-refractivity contribution < 1.29 is 23.4 Å². The molecule has 1 heterocycles. The van der Waals surface area contributed by atoms with E-state index in [1.54, 1.807) is 13.8 Å². The van der Waals surface area contributed by atoms with E-state index in [0.717, 1.165) is 10.7 Å². The van der Waals surface area contributed by atoms with Crippen LogP contribution in [0.15, 0.2) is 0 Å². The second-order valence-corrected chi connectivity index (χ2v) is 7.08. The molecule has 2 N–H and O–H groups in total. The second-order valence-electron chi connectivity index (χ2n) is 5.25. The third-order valence-corrected chi connectivity index (χ3v) is 5.67. The fourth-order valence-electron chi connectivity index (χ4n) is 2.43. The lowest BCUT2D eigenvalue weighted by molar-refractivity contribution is -0.142. The molecule has 1 saturated heterocycles. The number of carbonyl (C=O) groups is 1. The van der Waals surface area contributed by atoms with Crippen LogP contribution in [0.2, 0.25) is 0 Å². The van der Waals surface area contributed by atoms with Crippen molar-refractivity contribution in [1.82, 2.24) is 8.61 Å². The van der Waals surface area contributed by atoms with E-state index in [0.29, 0.717) is 19.3 Å². The first-order valence-electron chi connectivity index (χ1n) is 6.94. The Bertz CT molecular complexity index is 424. The molecule has 118 valence electrons. The summed E-state index contributed by atoms with van der Waals surface area (Å²) in [6, 6.07) is -1.26. The molecule has 1 unspecified atom stereocenters. The normalized spacial score (nSPS) is 21.6. The maximum Gasteiger partial charge on any atom is 0.322 e. The van der Waals surface area contributed by atoms with Gasteiger partial charge >= 0.3 is 5.97 Å². The van der Waals surface area contributed by atoms with Crippen LogP contribution in [0.1, 0.15) is 39.5 Å². The molecule has 0 aliphatic carbocycles. The van der Waals surface area contributed by atoms with E-state index in [1.807, 2.05) is 0 Å². The van der Waals surface area contributed by atoms with Gasteiger partial charge in [-0.1, -0.05) is 0 Å². The van der Waals surface area contributed by atoms with Crippen molar-refractivity contribution in [2.45, 2.75) is 51.6 Å². The van der Waals surface area contributed by atoms with Crippen LogP contribution in [-0.2, 0) is 15.0 Å². The molecule has 0 aromatic heterocycles. The van der Waals surface area contributed by atoms with Crippen molar-refractivity contribution in [3.8, 4) is 0 Å². The molecule has 1 aliphatic heterocycles. The van der Waals surface area contributed by atoms with Crippen molar-refractivity contribution in [1.29, 1.82) is 0 Å². The van der Waals surface area contributed by atoms with Crippen molar-refractivity contribution in [2.24, 2.45) is 0 Å². The van der Waals surface area contributed by atoms with Gasteiger partial charge in [0.25, 0.3) is 10.2 Å². The van der Waals surface area contributed by atoms with E-state index in [1.165, 1.54) is 4.31 Å². The Morgan fingerprint density at radius 1 is 1.40 bits per heavy atom. The van der Waals surface area contributed by atoms with Gasteiger partial charge in [-0.2, -0.15) is 17.0 Å². The summed E-state index contributed by atoms with van der Waals surface area (Å²) < 4.78 is 27.7. The van der Waals surface area contributed by atoms with Gasteiger partial charge in [0.1, 0.15) is 6.04 Å². The van der Waals surface area contributed by atoms with Crippen molar-refractivity contribution in [3.63, 3.8) is 0 Å². The molecule has 0 spiro atoms. The average molecular weight is 308 g/mol. The van der Waals surface area contributed by atoms with E-state index in [9.17, 15) is 18.3 Å². The summed E-state index contributed by atoms with van der Waals surface area (Å²) in [6.07, 6.45) is 2.08. The summed E-state index contributed by atoms with van der Waals surface area (Å²) in [5.74, 6) is -1.10. The number of nitrogens with zero attached hydrogens (tertiary/aromatic N) is 2. The first kappa shape index (κ1) is 17.4. The highest BCUT2D eigenvalue weighted by atomic mass is 32.2. The molecule has 0 radical (unpaired) electrons. The van der Waals surface area contributed by atoms with Crippen LogP contribution in [0.3, 0.4) is 0 Å². The van der Waals surface area contributed by atoms with Crippen molar-refractivity contribution >= 4 is 16.2 Å². The zero-order chi connectivity index (χ0) is 15.3. The molecule has 0 aromatic carbocycles. The predicted octanol–water partition coefficient (Wildman–Crippen LogP) is 0.263. The van der Waals surface area contributed by atoms with Gasteiger partial charge in [0, 0.05) is 25.7 Å². The topological polar surface area (TPSA) is 98.2 Å². The summed E-state index contributed by atoms with van der Waals surface area (Å²) in [5, 5.41) is 18.1. The number of carboxylic acid groups (broad SMARTS) is 1. The third kappa shape index (κ3) is 3.91. The summed E-state index contributed by atoms with van der Waals surface area (Å²) in [4.78, 5) is 11.3. The van der Waals surface area contributed by atoms with Crippen molar-refractivity contribution in [2.75, 3.05) is 19.7 Å². The summed E-state index contributed by atoms with van der Waals surface area (Å²) in [7, 11) is -3.82. The molecule has 8 heteroatoms. The predicted molar refractivity (Wildman–Crippen MR) is 74.4 cm³/mol. The van der Waals surface area contributed by atoms with Crippen LogP contribution in [0.5, 0.6) is 0 Å². The van der Waals surface area contributed by atoms with E-state index in [2.05, 4.69) is 0 Å². The fraction of sp³-hybridized carbons (Fsp3) is 0.917. The first-order valence-corrected chi connectivity index (χ1v) is 8.34. The summed E-state index contributed by atoms with van der Waals surface area (Å²) in [5.41, 5.74) is 0. The number of aliphatic carboxylic acids is 1. The lowest BCUT2D eigenvalue weighted by Gasteiger charge is -2.37. The molecule has 0 amide bonds. The minimum absolute atomic E-state index is 0.0961. The van der Waals surface area contributed by atoms with Crippen LogP contribution in [0.4, 0.5) is 0 Å². The largest absolute Gasteiger partial charge is 0.480 e. The highest BCUT2D eigenvalue weighted by Gasteiger charge is 2.40. The molecular formula is C12H24N2O5S. The van der Waals surface area contributed by atoms with Crippen LogP contribution in [0.25, 0.3) is 0 Å². The Labute approximate surface area is 120 Å². The molecule has 1 rings (SSSR count). The minimum atomic E-state index is -3.82. The third-order valence-electron chi connectivity index (χ3n) is 3.44. The maximum atomic E-state index is 12.7. The van der Waals surface area contributed by atoms with Crippen LogP contribution in [0, 0.1) is 0 Å². The van der Waals surface area contributed by atoms with Crippen molar-refractivity contribution in [3.05, 3.63) is 0 Å². The zero-order valence-corrected chi connectivity index (χ0v) is 12.8. The molecular weight excluding hydrogens is 284 g/mol.